The molecule has 0 saturated heterocycles. The van der Waals surface area contributed by atoms with Crippen LogP contribution in [0.1, 0.15) is 37.2 Å². The normalized spacial score (nSPS) is 11.7. The minimum Gasteiger partial charge on any atom is -0.477 e. The monoisotopic (exact) mass is 274 g/mol. The minimum absolute atomic E-state index is 0.00167. The highest BCUT2D eigenvalue weighted by Crippen LogP contribution is 2.15. The molecule has 0 spiro atoms. The quantitative estimate of drug-likeness (QED) is 0.784. The minimum atomic E-state index is -3.61. The largest absolute Gasteiger partial charge is 0.477 e. The van der Waals surface area contributed by atoms with E-state index in [0.29, 0.717) is 19.5 Å². The molecule has 0 unspecified atom stereocenters. The van der Waals surface area contributed by atoms with E-state index in [9.17, 15) is 13.2 Å². The highest BCUT2D eigenvalue weighted by atomic mass is 32.2. The van der Waals surface area contributed by atoms with Gasteiger partial charge in [-0.15, -0.1) is 0 Å². The number of carboxylic acid groups (broad SMARTS) is 1. The first-order valence-corrected chi connectivity index (χ1v) is 7.33. The molecule has 0 amide bonds. The maximum Gasteiger partial charge on any atom is 0.352 e. The molecular weight excluding hydrogens is 256 g/mol. The SMILES string of the molecule is CCCNS(=O)(=O)c1cc(C(=O)O)n(CCC)c1. The van der Waals surface area contributed by atoms with Gasteiger partial charge >= 0.3 is 5.97 Å². The molecule has 102 valence electrons. The van der Waals surface area contributed by atoms with Gasteiger partial charge in [-0.3, -0.25) is 0 Å². The summed E-state index contributed by atoms with van der Waals surface area (Å²) in [5.74, 6) is -1.12. The van der Waals surface area contributed by atoms with Gasteiger partial charge in [-0.1, -0.05) is 13.8 Å². The molecule has 7 heteroatoms. The number of nitrogens with zero attached hydrogens (tertiary/aromatic N) is 1. The van der Waals surface area contributed by atoms with Gasteiger partial charge in [0.1, 0.15) is 10.6 Å². The number of carbonyl (C=O) groups is 1. The van der Waals surface area contributed by atoms with Crippen molar-refractivity contribution in [1.29, 1.82) is 0 Å². The molecule has 0 fully saturated rings. The number of nitrogens with one attached hydrogen (secondary N) is 1. The fraction of sp³-hybridized carbons (Fsp3) is 0.545. The van der Waals surface area contributed by atoms with Gasteiger partial charge in [0.05, 0.1) is 0 Å². The maximum absolute atomic E-state index is 11.9. The second-order valence-electron chi connectivity index (χ2n) is 3.96. The number of carboxylic acids is 1. The molecule has 1 aromatic rings. The first kappa shape index (κ1) is 14.7. The van der Waals surface area contributed by atoms with Gasteiger partial charge in [-0.25, -0.2) is 17.9 Å². The fourth-order valence-electron chi connectivity index (χ4n) is 1.56. The molecule has 0 radical (unpaired) electrons. The predicted molar refractivity (Wildman–Crippen MR) is 67.2 cm³/mol. The van der Waals surface area contributed by atoms with E-state index in [0.717, 1.165) is 6.42 Å². The number of sulfonamides is 1. The van der Waals surface area contributed by atoms with Crippen LogP contribution in [0.25, 0.3) is 0 Å². The van der Waals surface area contributed by atoms with Crippen molar-refractivity contribution in [3.8, 4) is 0 Å². The molecule has 0 aromatic carbocycles. The van der Waals surface area contributed by atoms with Crippen LogP contribution in [0.2, 0.25) is 0 Å². The standard InChI is InChI=1S/C11H18N2O4S/c1-3-5-12-18(16,17)9-7-10(11(14)15)13(8-9)6-4-2/h7-8,12H,3-6H2,1-2H3,(H,14,15). The van der Waals surface area contributed by atoms with Crippen molar-refractivity contribution in [3.05, 3.63) is 18.0 Å². The number of hydrogen-bond acceptors (Lipinski definition) is 3. The van der Waals surface area contributed by atoms with E-state index in [4.69, 9.17) is 5.11 Å². The number of aromatic carboxylic acids is 1. The Morgan fingerprint density at radius 1 is 1.39 bits per heavy atom. The van der Waals surface area contributed by atoms with E-state index < -0.39 is 16.0 Å². The third-order valence-electron chi connectivity index (χ3n) is 2.41. The van der Waals surface area contributed by atoms with Gasteiger partial charge in [0, 0.05) is 19.3 Å². The molecule has 2 N–H and O–H groups in total. The van der Waals surface area contributed by atoms with Crippen molar-refractivity contribution < 1.29 is 18.3 Å². The summed E-state index contributed by atoms with van der Waals surface area (Å²) < 4.78 is 27.6. The molecular formula is C11H18N2O4S. The van der Waals surface area contributed by atoms with E-state index in [1.54, 1.807) is 0 Å². The molecule has 0 aliphatic heterocycles. The Labute approximate surface area is 107 Å². The van der Waals surface area contributed by atoms with Crippen molar-refractivity contribution in [1.82, 2.24) is 9.29 Å². The third-order valence-corrected chi connectivity index (χ3v) is 3.84. The second kappa shape index (κ2) is 6.01. The van der Waals surface area contributed by atoms with Gasteiger partial charge in [-0.2, -0.15) is 0 Å². The molecule has 1 rings (SSSR count). The first-order chi connectivity index (χ1) is 8.42. The zero-order valence-corrected chi connectivity index (χ0v) is 11.3. The molecule has 0 aliphatic carbocycles. The summed E-state index contributed by atoms with van der Waals surface area (Å²) in [6.07, 6.45) is 2.78. The van der Waals surface area contributed by atoms with Crippen LogP contribution < -0.4 is 4.72 Å². The summed E-state index contributed by atoms with van der Waals surface area (Å²) in [6.45, 7) is 4.57. The van der Waals surface area contributed by atoms with E-state index in [1.807, 2.05) is 13.8 Å². The highest BCUT2D eigenvalue weighted by molar-refractivity contribution is 7.89. The zero-order chi connectivity index (χ0) is 13.8. The number of aromatic nitrogens is 1. The molecule has 0 atom stereocenters. The van der Waals surface area contributed by atoms with Crippen LogP contribution in [0, 0.1) is 0 Å². The van der Waals surface area contributed by atoms with Gasteiger partial charge < -0.3 is 9.67 Å². The lowest BCUT2D eigenvalue weighted by molar-refractivity contribution is 0.0685. The Bertz CT molecular complexity index is 519. The average Bonchev–Trinajstić information content (AvgIpc) is 2.72. The lowest BCUT2D eigenvalue weighted by Gasteiger charge is -2.03. The summed E-state index contributed by atoms with van der Waals surface area (Å²) in [5, 5.41) is 9.01. The number of hydrogen-bond donors (Lipinski definition) is 2. The van der Waals surface area contributed by atoms with E-state index in [-0.39, 0.29) is 10.6 Å². The fourth-order valence-corrected chi connectivity index (χ4v) is 2.73. The van der Waals surface area contributed by atoms with Gasteiger partial charge in [0.2, 0.25) is 10.0 Å². The average molecular weight is 274 g/mol. The highest BCUT2D eigenvalue weighted by Gasteiger charge is 2.20. The van der Waals surface area contributed by atoms with Crippen LogP contribution >= 0.6 is 0 Å². The van der Waals surface area contributed by atoms with Crippen molar-refractivity contribution >= 4 is 16.0 Å². The van der Waals surface area contributed by atoms with Crippen LogP contribution in [0.4, 0.5) is 0 Å². The topological polar surface area (TPSA) is 88.4 Å². The Kier molecular flexibility index (Phi) is 4.92. The lowest BCUT2D eigenvalue weighted by Crippen LogP contribution is -2.24. The van der Waals surface area contributed by atoms with Gasteiger partial charge in [0.15, 0.2) is 0 Å². The molecule has 1 heterocycles. The Balaban J connectivity index is 3.11. The van der Waals surface area contributed by atoms with Crippen LogP contribution in [0.5, 0.6) is 0 Å². The molecule has 0 saturated carbocycles. The Morgan fingerprint density at radius 2 is 2.06 bits per heavy atom. The molecule has 0 aliphatic rings. The molecule has 0 bridgehead atoms. The third kappa shape index (κ3) is 3.33. The molecule has 1 aromatic heterocycles. The van der Waals surface area contributed by atoms with E-state index >= 15 is 0 Å². The van der Waals surface area contributed by atoms with Gasteiger partial charge in [-0.05, 0) is 18.9 Å². The molecule has 18 heavy (non-hydrogen) atoms. The summed E-state index contributed by atoms with van der Waals surface area (Å²) in [6, 6.07) is 1.19. The predicted octanol–water partition coefficient (Wildman–Crippen LogP) is 1.28. The molecule has 6 nitrogen and oxygen atoms in total. The summed E-state index contributed by atoms with van der Waals surface area (Å²) in [4.78, 5) is 11.0. The van der Waals surface area contributed by atoms with Gasteiger partial charge in [0.25, 0.3) is 0 Å². The number of rotatable bonds is 7. The van der Waals surface area contributed by atoms with E-state index in [1.165, 1.54) is 16.8 Å². The second-order valence-corrected chi connectivity index (χ2v) is 5.72. The Hall–Kier alpha value is -1.34. The zero-order valence-electron chi connectivity index (χ0n) is 10.5. The van der Waals surface area contributed by atoms with Crippen molar-refractivity contribution in [2.45, 2.75) is 38.1 Å². The van der Waals surface area contributed by atoms with Crippen LogP contribution in [-0.2, 0) is 16.6 Å². The van der Waals surface area contributed by atoms with Crippen molar-refractivity contribution in [3.63, 3.8) is 0 Å². The smallest absolute Gasteiger partial charge is 0.352 e. The van der Waals surface area contributed by atoms with Crippen molar-refractivity contribution in [2.75, 3.05) is 6.54 Å². The maximum atomic E-state index is 11.9. The van der Waals surface area contributed by atoms with E-state index in [2.05, 4.69) is 4.72 Å². The van der Waals surface area contributed by atoms with Crippen molar-refractivity contribution in [2.24, 2.45) is 0 Å². The lowest BCUT2D eigenvalue weighted by atomic mass is 10.4. The van der Waals surface area contributed by atoms with Crippen LogP contribution in [0.15, 0.2) is 17.2 Å². The van der Waals surface area contributed by atoms with Crippen LogP contribution in [0.3, 0.4) is 0 Å². The Morgan fingerprint density at radius 3 is 2.56 bits per heavy atom. The summed E-state index contributed by atoms with van der Waals surface area (Å²) in [7, 11) is -3.61. The summed E-state index contributed by atoms with van der Waals surface area (Å²) in [5.41, 5.74) is -0.00581. The first-order valence-electron chi connectivity index (χ1n) is 5.85. The number of aryl methyl sites for hydroxylation is 1. The summed E-state index contributed by atoms with van der Waals surface area (Å²) >= 11 is 0. The van der Waals surface area contributed by atoms with Crippen LogP contribution in [-0.4, -0.2) is 30.6 Å².